The predicted octanol–water partition coefficient (Wildman–Crippen LogP) is 3.02. The van der Waals surface area contributed by atoms with Crippen LogP contribution >= 0.6 is 11.3 Å². The molecule has 0 radical (unpaired) electrons. The Balaban J connectivity index is 1.78. The molecule has 2 aromatic heterocycles. The van der Waals surface area contributed by atoms with Crippen molar-refractivity contribution in [1.29, 1.82) is 0 Å². The zero-order valence-corrected chi connectivity index (χ0v) is 14.2. The summed E-state index contributed by atoms with van der Waals surface area (Å²) in [5.41, 5.74) is 1.90. The monoisotopic (exact) mass is 367 g/mol. The second-order valence-electron chi connectivity index (χ2n) is 5.88. The fourth-order valence-electron chi connectivity index (χ4n) is 3.18. The molecule has 9 heteroatoms. The van der Waals surface area contributed by atoms with Crippen LogP contribution in [0.4, 0.5) is 5.95 Å². The molecule has 0 unspecified atom stereocenters. The lowest BCUT2D eigenvalue weighted by atomic mass is 9.79. The zero-order chi connectivity index (χ0) is 18.1. The molecule has 8 nitrogen and oxygen atoms in total. The summed E-state index contributed by atoms with van der Waals surface area (Å²) in [5, 5.41) is 23.8. The van der Waals surface area contributed by atoms with Gasteiger partial charge in [0.05, 0.1) is 10.2 Å². The molecule has 2 atom stereocenters. The van der Waals surface area contributed by atoms with Crippen molar-refractivity contribution in [3.8, 4) is 0 Å². The minimum atomic E-state index is -0.762. The minimum absolute atomic E-state index is 0.194. The van der Waals surface area contributed by atoms with Crippen molar-refractivity contribution in [2.45, 2.75) is 18.4 Å². The molecule has 0 spiro atoms. The van der Waals surface area contributed by atoms with Gasteiger partial charge in [0, 0.05) is 16.0 Å². The normalized spacial score (nSPS) is 20.0. The molecule has 1 aliphatic carbocycles. The van der Waals surface area contributed by atoms with Crippen molar-refractivity contribution in [3.05, 3.63) is 74.5 Å². The Bertz CT molecular complexity index is 981. The average Bonchev–Trinajstić information content (AvgIpc) is 3.34. The van der Waals surface area contributed by atoms with E-state index in [-0.39, 0.29) is 11.7 Å². The molecule has 0 amide bonds. The third-order valence-corrected chi connectivity index (χ3v) is 5.27. The Morgan fingerprint density at radius 1 is 1.19 bits per heavy atom. The molecule has 26 heavy (non-hydrogen) atoms. The number of carbonyl (C=O) groups excluding carboxylic acids is 1. The lowest BCUT2D eigenvalue weighted by Gasteiger charge is -2.28. The number of ketones is 1. The second-order valence-corrected chi connectivity index (χ2v) is 6.83. The highest BCUT2D eigenvalue weighted by atomic mass is 32.1. The summed E-state index contributed by atoms with van der Waals surface area (Å²) in [4.78, 5) is 25.1. The molecular formula is C17H13N5O3S. The van der Waals surface area contributed by atoms with Crippen LogP contribution in [-0.2, 0) is 4.79 Å². The molecule has 130 valence electrons. The van der Waals surface area contributed by atoms with Gasteiger partial charge in [0.2, 0.25) is 0 Å². The van der Waals surface area contributed by atoms with Gasteiger partial charge < -0.3 is 10.1 Å². The number of rotatable bonds is 4. The van der Waals surface area contributed by atoms with Crippen LogP contribution in [-0.4, -0.2) is 30.9 Å². The number of tetrazole rings is 1. The number of nitrogens with zero attached hydrogens (tertiary/aromatic N) is 5. The maximum absolute atomic E-state index is 12.9. The van der Waals surface area contributed by atoms with Gasteiger partial charge in [0.25, 0.3) is 0 Å². The summed E-state index contributed by atoms with van der Waals surface area (Å²) in [5.74, 6) is -1.04. The van der Waals surface area contributed by atoms with Crippen molar-refractivity contribution in [1.82, 2.24) is 20.2 Å². The Morgan fingerprint density at radius 2 is 2.00 bits per heavy atom. The van der Waals surface area contributed by atoms with E-state index >= 15 is 0 Å². The van der Waals surface area contributed by atoms with E-state index in [1.165, 1.54) is 0 Å². The zero-order valence-electron chi connectivity index (χ0n) is 13.4. The number of allylic oxidation sites excluding steroid dienone is 2. The van der Waals surface area contributed by atoms with Gasteiger partial charge in [0.1, 0.15) is 0 Å². The van der Waals surface area contributed by atoms with Gasteiger partial charge >= 0.3 is 5.95 Å². The van der Waals surface area contributed by atoms with E-state index in [9.17, 15) is 14.9 Å². The summed E-state index contributed by atoms with van der Waals surface area (Å²) in [6.07, 6.45) is 2.20. The third kappa shape index (κ3) is 2.93. The van der Waals surface area contributed by atoms with Crippen molar-refractivity contribution in [2.75, 3.05) is 0 Å². The molecular weight excluding hydrogens is 354 g/mol. The number of hydrogen-bond acceptors (Lipinski definition) is 7. The quantitative estimate of drug-likeness (QED) is 0.518. The van der Waals surface area contributed by atoms with Gasteiger partial charge in [-0.1, -0.05) is 41.2 Å². The number of hydrogen-bond donors (Lipinski definition) is 0. The van der Waals surface area contributed by atoms with Crippen LogP contribution in [0, 0.1) is 10.1 Å². The highest BCUT2D eigenvalue weighted by Gasteiger charge is 2.39. The Hall–Kier alpha value is -3.20. The van der Waals surface area contributed by atoms with Crippen LogP contribution in [0.2, 0.25) is 0 Å². The van der Waals surface area contributed by atoms with Crippen LogP contribution in [0.1, 0.15) is 28.8 Å². The molecule has 1 aromatic carbocycles. The predicted molar refractivity (Wildman–Crippen MR) is 94.6 cm³/mol. The number of nitro groups is 1. The fourth-order valence-corrected chi connectivity index (χ4v) is 3.93. The first-order valence-corrected chi connectivity index (χ1v) is 8.78. The van der Waals surface area contributed by atoms with Crippen molar-refractivity contribution >= 4 is 28.6 Å². The van der Waals surface area contributed by atoms with Crippen LogP contribution < -0.4 is 0 Å². The van der Waals surface area contributed by atoms with Crippen LogP contribution in [0.3, 0.4) is 0 Å². The van der Waals surface area contributed by atoms with Gasteiger partial charge in [-0.3, -0.25) is 4.79 Å². The standard InChI is InChI=1S/C17H13N5O3S/c23-14-10-12(15-7-4-8-26-15)9-13(11-5-2-1-3-6-11)16(14)21-19-17(18-20-21)22(24)25/h1-8,10,13,16H,9H2/t13-,16-/m1/s1. The summed E-state index contributed by atoms with van der Waals surface area (Å²) in [6, 6.07) is 12.7. The van der Waals surface area contributed by atoms with Crippen LogP contribution in [0.25, 0.3) is 5.57 Å². The lowest BCUT2D eigenvalue weighted by molar-refractivity contribution is -0.394. The number of thiophene rings is 1. The maximum atomic E-state index is 12.9. The molecule has 0 N–H and O–H groups in total. The first kappa shape index (κ1) is 16.3. The van der Waals surface area contributed by atoms with Gasteiger partial charge in [-0.05, 0) is 40.0 Å². The largest absolute Gasteiger partial charge is 0.514 e. The molecule has 4 rings (SSSR count). The molecule has 1 aliphatic rings. The lowest BCUT2D eigenvalue weighted by Crippen LogP contribution is -2.30. The summed E-state index contributed by atoms with van der Waals surface area (Å²) < 4.78 is 0. The fraction of sp³-hybridized carbons (Fsp3) is 0.176. The van der Waals surface area contributed by atoms with Gasteiger partial charge in [-0.2, -0.15) is 0 Å². The summed E-state index contributed by atoms with van der Waals surface area (Å²) >= 11 is 1.57. The number of carbonyl (C=O) groups is 1. The van der Waals surface area contributed by atoms with E-state index in [1.807, 2.05) is 47.8 Å². The molecule has 3 aromatic rings. The van der Waals surface area contributed by atoms with E-state index in [4.69, 9.17) is 0 Å². The third-order valence-electron chi connectivity index (χ3n) is 4.32. The van der Waals surface area contributed by atoms with Gasteiger partial charge in [-0.25, -0.2) is 0 Å². The van der Waals surface area contributed by atoms with Crippen molar-refractivity contribution < 1.29 is 9.72 Å². The van der Waals surface area contributed by atoms with Crippen LogP contribution in [0.5, 0.6) is 0 Å². The second kappa shape index (κ2) is 6.60. The number of benzene rings is 1. The Morgan fingerprint density at radius 3 is 2.65 bits per heavy atom. The topological polar surface area (TPSA) is 104 Å². The Kier molecular flexibility index (Phi) is 4.13. The molecule has 0 saturated heterocycles. The highest BCUT2D eigenvalue weighted by Crippen LogP contribution is 2.42. The van der Waals surface area contributed by atoms with E-state index in [2.05, 4.69) is 15.4 Å². The minimum Gasteiger partial charge on any atom is -0.390 e. The maximum Gasteiger partial charge on any atom is 0.514 e. The highest BCUT2D eigenvalue weighted by molar-refractivity contribution is 7.11. The first-order chi connectivity index (χ1) is 12.6. The molecule has 0 saturated carbocycles. The van der Waals surface area contributed by atoms with E-state index in [0.29, 0.717) is 6.42 Å². The van der Waals surface area contributed by atoms with Gasteiger partial charge in [-0.15, -0.1) is 11.3 Å². The molecule has 2 heterocycles. The molecule has 0 bridgehead atoms. The SMILES string of the molecule is O=C1C=C(c2cccs2)C[C@H](c2ccccc2)[C@H]1n1nnc([N+](=O)[O-])n1. The first-order valence-electron chi connectivity index (χ1n) is 7.90. The van der Waals surface area contributed by atoms with Gasteiger partial charge in [0.15, 0.2) is 11.8 Å². The molecule has 0 fully saturated rings. The van der Waals surface area contributed by atoms with Crippen molar-refractivity contribution in [3.63, 3.8) is 0 Å². The smallest absolute Gasteiger partial charge is 0.390 e. The van der Waals surface area contributed by atoms with Crippen molar-refractivity contribution in [2.24, 2.45) is 0 Å². The van der Waals surface area contributed by atoms with Crippen LogP contribution in [0.15, 0.2) is 53.9 Å². The summed E-state index contributed by atoms with van der Waals surface area (Å²) in [7, 11) is 0. The molecule has 0 aliphatic heterocycles. The number of aromatic nitrogens is 4. The van der Waals surface area contributed by atoms with E-state index in [1.54, 1.807) is 17.4 Å². The van der Waals surface area contributed by atoms with E-state index in [0.717, 1.165) is 20.8 Å². The summed E-state index contributed by atoms with van der Waals surface area (Å²) in [6.45, 7) is 0. The van der Waals surface area contributed by atoms with E-state index < -0.39 is 16.9 Å². The average molecular weight is 367 g/mol. The Labute approximate surface area is 151 Å².